The molecule has 0 aliphatic heterocycles. The largest absolute Gasteiger partial charge is 0.264 e. The van der Waals surface area contributed by atoms with E-state index in [9.17, 15) is 9.65 Å². The van der Waals surface area contributed by atoms with E-state index in [2.05, 4.69) is 20.9 Å². The molecule has 1 heterocycles. The average Bonchev–Trinajstić information content (AvgIpc) is 2.44. The lowest BCUT2D eigenvalue weighted by atomic mass is 10.1. The third-order valence-corrected chi connectivity index (χ3v) is 3.67. The molecular weight excluding hydrogens is 331 g/mol. The molecule has 0 aliphatic carbocycles. The van der Waals surface area contributed by atoms with Gasteiger partial charge in [-0.25, -0.2) is 4.39 Å². The number of allylic oxidation sites excluding steroid dienone is 1. The van der Waals surface area contributed by atoms with E-state index in [0.717, 1.165) is 0 Å². The Bertz CT molecular complexity index is 678. The second kappa shape index (κ2) is 5.96. The van der Waals surface area contributed by atoms with E-state index < -0.39 is 5.82 Å². The second-order valence-electron chi connectivity index (χ2n) is 3.64. The highest BCUT2D eigenvalue weighted by molar-refractivity contribution is 9.10. The van der Waals surface area contributed by atoms with Crippen LogP contribution in [0.25, 0.3) is 10.6 Å². The summed E-state index contributed by atoms with van der Waals surface area (Å²) in [5, 5.41) is 9.42. The number of pyridine rings is 1. The van der Waals surface area contributed by atoms with Gasteiger partial charge in [0.25, 0.3) is 0 Å². The van der Waals surface area contributed by atoms with Gasteiger partial charge in [0.15, 0.2) is 0 Å². The zero-order chi connectivity index (χ0) is 13.8. The maximum absolute atomic E-state index is 13.5. The summed E-state index contributed by atoms with van der Waals surface area (Å²) in [6.07, 6.45) is 3.14. The maximum Gasteiger partial charge on any atom is 0.138 e. The molecular formula is C14H7BrClFN2. The molecule has 1 aromatic heterocycles. The third kappa shape index (κ3) is 2.83. The summed E-state index contributed by atoms with van der Waals surface area (Å²) < 4.78 is 13.7. The monoisotopic (exact) mass is 336 g/mol. The number of benzene rings is 1. The number of nitriles is 1. The molecule has 2 aromatic rings. The molecule has 0 radical (unpaired) electrons. The van der Waals surface area contributed by atoms with Gasteiger partial charge in [0.1, 0.15) is 11.9 Å². The van der Waals surface area contributed by atoms with E-state index in [1.807, 2.05) is 6.07 Å². The lowest BCUT2D eigenvalue weighted by Gasteiger charge is -2.07. The van der Waals surface area contributed by atoms with Crippen molar-refractivity contribution in [3.8, 4) is 6.07 Å². The first-order valence-electron chi connectivity index (χ1n) is 5.29. The fourth-order valence-corrected chi connectivity index (χ4v) is 2.44. The van der Waals surface area contributed by atoms with Crippen LogP contribution in [0.4, 0.5) is 4.39 Å². The quantitative estimate of drug-likeness (QED) is 0.750. The van der Waals surface area contributed by atoms with Crippen LogP contribution in [0.5, 0.6) is 0 Å². The summed E-state index contributed by atoms with van der Waals surface area (Å²) in [5.74, 6) is -0.431. The summed E-state index contributed by atoms with van der Waals surface area (Å²) in [6.45, 7) is 0. The van der Waals surface area contributed by atoms with Crippen molar-refractivity contribution >= 4 is 38.1 Å². The van der Waals surface area contributed by atoms with Crippen molar-refractivity contribution in [2.24, 2.45) is 0 Å². The zero-order valence-electron chi connectivity index (χ0n) is 9.57. The molecule has 0 saturated heterocycles. The maximum atomic E-state index is 13.5. The van der Waals surface area contributed by atoms with Crippen molar-refractivity contribution in [3.63, 3.8) is 0 Å². The van der Waals surface area contributed by atoms with E-state index in [1.165, 1.54) is 18.3 Å². The van der Waals surface area contributed by atoms with E-state index in [1.54, 1.807) is 24.4 Å². The van der Waals surface area contributed by atoms with Crippen molar-refractivity contribution < 1.29 is 4.39 Å². The van der Waals surface area contributed by atoms with Gasteiger partial charge in [-0.15, -0.1) is 0 Å². The van der Waals surface area contributed by atoms with E-state index >= 15 is 0 Å². The predicted molar refractivity (Wildman–Crippen MR) is 76.6 cm³/mol. The molecule has 2 rings (SSSR count). The van der Waals surface area contributed by atoms with Gasteiger partial charge in [-0.3, -0.25) is 4.98 Å². The fraction of sp³-hybridized carbons (Fsp3) is 0. The Morgan fingerprint density at radius 2 is 2.11 bits per heavy atom. The van der Waals surface area contributed by atoms with Gasteiger partial charge in [0.05, 0.1) is 15.1 Å². The van der Waals surface area contributed by atoms with Crippen LogP contribution in [-0.4, -0.2) is 4.98 Å². The summed E-state index contributed by atoms with van der Waals surface area (Å²) in [7, 11) is 0. The van der Waals surface area contributed by atoms with Gasteiger partial charge < -0.3 is 0 Å². The van der Waals surface area contributed by atoms with Crippen LogP contribution in [0.1, 0.15) is 11.1 Å². The normalized spacial score (nSPS) is 11.7. The highest BCUT2D eigenvalue weighted by atomic mass is 79.9. The summed E-state index contributed by atoms with van der Waals surface area (Å²) in [5.41, 5.74) is 1.27. The molecule has 0 fully saturated rings. The number of halogens is 3. The Hall–Kier alpha value is -1.70. The van der Waals surface area contributed by atoms with Crippen LogP contribution < -0.4 is 0 Å². The van der Waals surface area contributed by atoms with Gasteiger partial charge in [0, 0.05) is 23.5 Å². The first kappa shape index (κ1) is 13.7. The zero-order valence-corrected chi connectivity index (χ0v) is 11.9. The van der Waals surface area contributed by atoms with E-state index in [0.29, 0.717) is 11.1 Å². The minimum absolute atomic E-state index is 0.182. The Labute approximate surface area is 123 Å². The number of hydrogen-bond acceptors (Lipinski definition) is 2. The lowest BCUT2D eigenvalue weighted by Crippen LogP contribution is -1.90. The van der Waals surface area contributed by atoms with Crippen LogP contribution in [0.3, 0.4) is 0 Å². The molecule has 0 unspecified atom stereocenters. The van der Waals surface area contributed by atoms with Crippen LogP contribution in [0, 0.1) is 17.1 Å². The Morgan fingerprint density at radius 3 is 2.74 bits per heavy atom. The lowest BCUT2D eigenvalue weighted by molar-refractivity contribution is 0.620. The highest BCUT2D eigenvalue weighted by Crippen LogP contribution is 2.34. The fourth-order valence-electron chi connectivity index (χ4n) is 1.56. The highest BCUT2D eigenvalue weighted by Gasteiger charge is 2.14. The molecule has 0 spiro atoms. The number of nitrogens with zero attached hydrogens (tertiary/aromatic N) is 2. The van der Waals surface area contributed by atoms with Crippen LogP contribution in [0.2, 0.25) is 0 Å². The summed E-state index contributed by atoms with van der Waals surface area (Å²) >= 11 is 9.35. The second-order valence-corrected chi connectivity index (χ2v) is 4.81. The molecule has 19 heavy (non-hydrogen) atoms. The van der Waals surface area contributed by atoms with Crippen molar-refractivity contribution in [3.05, 3.63) is 64.1 Å². The minimum atomic E-state index is -0.431. The van der Waals surface area contributed by atoms with E-state index in [4.69, 9.17) is 11.6 Å². The topological polar surface area (TPSA) is 36.7 Å². The molecule has 0 N–H and O–H groups in total. The number of aromatic nitrogens is 1. The smallest absolute Gasteiger partial charge is 0.138 e. The van der Waals surface area contributed by atoms with Crippen molar-refractivity contribution in [1.29, 1.82) is 5.26 Å². The van der Waals surface area contributed by atoms with Crippen molar-refractivity contribution in [2.75, 3.05) is 0 Å². The average molecular weight is 338 g/mol. The molecule has 0 aliphatic rings. The van der Waals surface area contributed by atoms with Gasteiger partial charge >= 0.3 is 0 Å². The predicted octanol–water partition coefficient (Wildman–Crippen LogP) is 4.61. The van der Waals surface area contributed by atoms with Crippen LogP contribution in [-0.2, 0) is 0 Å². The Morgan fingerprint density at radius 1 is 1.32 bits per heavy atom. The van der Waals surface area contributed by atoms with Crippen molar-refractivity contribution in [2.45, 2.75) is 0 Å². The minimum Gasteiger partial charge on any atom is -0.264 e. The summed E-state index contributed by atoms with van der Waals surface area (Å²) in [4.78, 5) is 3.94. The van der Waals surface area contributed by atoms with E-state index in [-0.39, 0.29) is 15.1 Å². The summed E-state index contributed by atoms with van der Waals surface area (Å²) in [6, 6.07) is 9.95. The van der Waals surface area contributed by atoms with Gasteiger partial charge in [-0.2, -0.15) is 5.26 Å². The molecule has 2 nitrogen and oxygen atoms in total. The molecule has 0 bridgehead atoms. The Kier molecular flexibility index (Phi) is 4.31. The molecule has 5 heteroatoms. The Balaban J connectivity index is 2.63. The van der Waals surface area contributed by atoms with Gasteiger partial charge in [0.2, 0.25) is 0 Å². The number of hydrogen-bond donors (Lipinski definition) is 0. The van der Waals surface area contributed by atoms with Gasteiger partial charge in [-0.05, 0) is 28.1 Å². The third-order valence-electron chi connectivity index (χ3n) is 2.47. The van der Waals surface area contributed by atoms with Crippen molar-refractivity contribution in [1.82, 2.24) is 4.98 Å². The first-order valence-corrected chi connectivity index (χ1v) is 6.47. The molecule has 1 aromatic carbocycles. The SMILES string of the molecule is N#C/C(=C(\Cl)c1cccc(F)c1Br)c1cccnc1. The molecule has 0 atom stereocenters. The molecule has 94 valence electrons. The van der Waals surface area contributed by atoms with Crippen LogP contribution >= 0.6 is 27.5 Å². The molecule has 0 amide bonds. The molecule has 0 saturated carbocycles. The number of rotatable bonds is 2. The first-order chi connectivity index (χ1) is 9.15. The van der Waals surface area contributed by atoms with Crippen LogP contribution in [0.15, 0.2) is 47.2 Å². The van der Waals surface area contributed by atoms with Gasteiger partial charge in [-0.1, -0.05) is 29.8 Å². The standard InChI is InChI=1S/C14H7BrClFN2/c15-13-10(4-1-5-12(13)17)14(16)11(7-18)9-3-2-6-19-8-9/h1-6,8H/b14-11+.